The first kappa shape index (κ1) is 15.3. The van der Waals surface area contributed by atoms with Gasteiger partial charge in [0.2, 0.25) is 0 Å². The molecule has 1 rings (SSSR count). The summed E-state index contributed by atoms with van der Waals surface area (Å²) in [5, 5.41) is 0. The van der Waals surface area contributed by atoms with E-state index in [2.05, 4.69) is 4.74 Å². The van der Waals surface area contributed by atoms with Crippen molar-refractivity contribution in [3.8, 4) is 0 Å². The summed E-state index contributed by atoms with van der Waals surface area (Å²) in [5.41, 5.74) is -0.284. The van der Waals surface area contributed by atoms with E-state index in [1.807, 2.05) is 6.92 Å². The molecule has 1 unspecified atom stereocenters. The molecule has 19 heavy (non-hydrogen) atoms. The molecule has 0 saturated heterocycles. The number of ketones is 1. The molecule has 0 aromatic heterocycles. The zero-order valence-electron chi connectivity index (χ0n) is 10.9. The number of Topliss-reactive ketones (excluding diaryl/α,β-unsaturated/α-hetero) is 1. The summed E-state index contributed by atoms with van der Waals surface area (Å²) in [6.45, 7) is 1.91. The lowest BCUT2D eigenvalue weighted by Gasteiger charge is -2.13. The summed E-state index contributed by atoms with van der Waals surface area (Å²) in [4.78, 5) is 23.7. The number of hydrogen-bond donors (Lipinski definition) is 0. The van der Waals surface area contributed by atoms with Gasteiger partial charge in [0.05, 0.1) is 12.7 Å². The van der Waals surface area contributed by atoms with Crippen molar-refractivity contribution in [1.82, 2.24) is 0 Å². The van der Waals surface area contributed by atoms with Crippen molar-refractivity contribution >= 4 is 11.8 Å². The van der Waals surface area contributed by atoms with Crippen LogP contribution in [-0.2, 0) is 9.53 Å². The summed E-state index contributed by atoms with van der Waals surface area (Å²) in [5.74, 6) is -4.13. The van der Waals surface area contributed by atoms with E-state index in [9.17, 15) is 18.4 Å². The summed E-state index contributed by atoms with van der Waals surface area (Å²) in [7, 11) is 1.18. The lowest BCUT2D eigenvalue weighted by atomic mass is 9.92. The zero-order valence-corrected chi connectivity index (χ0v) is 10.9. The molecule has 0 heterocycles. The Balaban J connectivity index is 3.01. The van der Waals surface area contributed by atoms with Crippen LogP contribution < -0.4 is 0 Å². The van der Waals surface area contributed by atoms with Crippen molar-refractivity contribution < 1.29 is 23.1 Å². The van der Waals surface area contributed by atoms with E-state index in [1.165, 1.54) is 7.11 Å². The third kappa shape index (κ3) is 3.84. The van der Waals surface area contributed by atoms with Gasteiger partial charge in [0, 0.05) is 6.07 Å². The normalized spacial score (nSPS) is 12.0. The van der Waals surface area contributed by atoms with E-state index in [1.54, 1.807) is 0 Å². The molecule has 0 bridgehead atoms. The van der Waals surface area contributed by atoms with Crippen LogP contribution in [0.1, 0.15) is 36.5 Å². The quantitative estimate of drug-likeness (QED) is 0.453. The van der Waals surface area contributed by atoms with E-state index >= 15 is 0 Å². The fraction of sp³-hybridized carbons (Fsp3) is 0.429. The fourth-order valence-electron chi connectivity index (χ4n) is 1.78. The van der Waals surface area contributed by atoms with Gasteiger partial charge in [0.1, 0.15) is 17.6 Å². The largest absolute Gasteiger partial charge is 0.468 e. The van der Waals surface area contributed by atoms with Gasteiger partial charge >= 0.3 is 5.97 Å². The molecule has 0 aliphatic heterocycles. The van der Waals surface area contributed by atoms with Crippen LogP contribution in [0.15, 0.2) is 18.2 Å². The van der Waals surface area contributed by atoms with Gasteiger partial charge in [-0.1, -0.05) is 19.8 Å². The maximum atomic E-state index is 13.5. The molecule has 0 aliphatic carbocycles. The summed E-state index contributed by atoms with van der Waals surface area (Å²) >= 11 is 0. The molecule has 0 aliphatic rings. The van der Waals surface area contributed by atoms with Crippen LogP contribution >= 0.6 is 0 Å². The average molecular weight is 270 g/mol. The third-order valence-electron chi connectivity index (χ3n) is 2.85. The smallest absolute Gasteiger partial charge is 0.316 e. The number of hydrogen-bond acceptors (Lipinski definition) is 3. The average Bonchev–Trinajstić information content (AvgIpc) is 2.38. The number of unbranched alkanes of at least 4 members (excludes halogenated alkanes) is 1. The van der Waals surface area contributed by atoms with Crippen molar-refractivity contribution in [3.63, 3.8) is 0 Å². The topological polar surface area (TPSA) is 43.4 Å². The van der Waals surface area contributed by atoms with Gasteiger partial charge in [-0.05, 0) is 18.6 Å². The first-order chi connectivity index (χ1) is 9.01. The SMILES string of the molecule is CCCCC(C(=O)OC)C(=O)c1ccc(F)cc1F. The number of ether oxygens (including phenoxy) is 1. The lowest BCUT2D eigenvalue weighted by Crippen LogP contribution is -2.26. The first-order valence-electron chi connectivity index (χ1n) is 6.08. The summed E-state index contributed by atoms with van der Waals surface area (Å²) in [6, 6.07) is 2.67. The first-order valence-corrected chi connectivity index (χ1v) is 6.08. The standard InChI is InChI=1S/C14H16F2O3/c1-3-4-5-11(14(18)19-2)13(17)10-7-6-9(15)8-12(10)16/h6-8,11H,3-5H2,1-2H3. The number of rotatable bonds is 6. The van der Waals surface area contributed by atoms with Crippen LogP contribution in [0.2, 0.25) is 0 Å². The highest BCUT2D eigenvalue weighted by molar-refractivity contribution is 6.08. The molecule has 1 aromatic carbocycles. The molecule has 0 spiro atoms. The zero-order chi connectivity index (χ0) is 14.4. The molecular weight excluding hydrogens is 254 g/mol. The monoisotopic (exact) mass is 270 g/mol. The van der Waals surface area contributed by atoms with E-state index in [0.29, 0.717) is 18.9 Å². The minimum absolute atomic E-state index is 0.284. The van der Waals surface area contributed by atoms with Crippen LogP contribution in [0.4, 0.5) is 8.78 Å². The molecule has 3 nitrogen and oxygen atoms in total. The number of methoxy groups -OCH3 is 1. The Morgan fingerprint density at radius 2 is 2.00 bits per heavy atom. The summed E-state index contributed by atoms with van der Waals surface area (Å²) in [6.07, 6.45) is 1.74. The van der Waals surface area contributed by atoms with Crippen molar-refractivity contribution in [1.29, 1.82) is 0 Å². The Labute approximate surface area is 110 Å². The van der Waals surface area contributed by atoms with Gasteiger partial charge in [-0.3, -0.25) is 9.59 Å². The maximum absolute atomic E-state index is 13.5. The van der Waals surface area contributed by atoms with E-state index in [-0.39, 0.29) is 5.56 Å². The molecular formula is C14H16F2O3. The minimum Gasteiger partial charge on any atom is -0.468 e. The molecule has 0 saturated carbocycles. The highest BCUT2D eigenvalue weighted by atomic mass is 19.1. The van der Waals surface area contributed by atoms with Gasteiger partial charge < -0.3 is 4.74 Å². The lowest BCUT2D eigenvalue weighted by molar-refractivity contribution is -0.143. The second-order valence-electron chi connectivity index (χ2n) is 4.21. The Morgan fingerprint density at radius 1 is 1.32 bits per heavy atom. The molecule has 1 atom stereocenters. The van der Waals surface area contributed by atoms with Crippen LogP contribution in [-0.4, -0.2) is 18.9 Å². The maximum Gasteiger partial charge on any atom is 0.316 e. The molecule has 5 heteroatoms. The van der Waals surface area contributed by atoms with Gasteiger partial charge in [0.25, 0.3) is 0 Å². The van der Waals surface area contributed by atoms with Crippen LogP contribution in [0.3, 0.4) is 0 Å². The van der Waals surface area contributed by atoms with E-state index < -0.39 is 29.3 Å². The highest BCUT2D eigenvalue weighted by Gasteiger charge is 2.29. The predicted molar refractivity (Wildman–Crippen MR) is 65.7 cm³/mol. The molecule has 0 amide bonds. The second kappa shape index (κ2) is 6.97. The second-order valence-corrected chi connectivity index (χ2v) is 4.21. The van der Waals surface area contributed by atoms with Crippen molar-refractivity contribution in [3.05, 3.63) is 35.4 Å². The van der Waals surface area contributed by atoms with Crippen LogP contribution in [0.5, 0.6) is 0 Å². The fourth-order valence-corrected chi connectivity index (χ4v) is 1.78. The molecule has 1 aromatic rings. The van der Waals surface area contributed by atoms with Crippen molar-refractivity contribution in [2.24, 2.45) is 5.92 Å². The number of carbonyl (C=O) groups is 2. The number of esters is 1. The van der Waals surface area contributed by atoms with Crippen LogP contribution in [0, 0.1) is 17.6 Å². The molecule has 104 valence electrons. The Bertz CT molecular complexity index is 472. The van der Waals surface area contributed by atoms with Crippen molar-refractivity contribution in [2.75, 3.05) is 7.11 Å². The van der Waals surface area contributed by atoms with Gasteiger partial charge in [0.15, 0.2) is 5.78 Å². The number of carbonyl (C=O) groups excluding carboxylic acids is 2. The van der Waals surface area contributed by atoms with Gasteiger partial charge in [-0.25, -0.2) is 8.78 Å². The Hall–Kier alpha value is -1.78. The van der Waals surface area contributed by atoms with E-state index in [0.717, 1.165) is 18.6 Å². The molecule has 0 fully saturated rings. The number of benzene rings is 1. The third-order valence-corrected chi connectivity index (χ3v) is 2.85. The Morgan fingerprint density at radius 3 is 2.53 bits per heavy atom. The molecule has 0 N–H and O–H groups in total. The molecule has 0 radical (unpaired) electrons. The van der Waals surface area contributed by atoms with E-state index in [4.69, 9.17) is 0 Å². The summed E-state index contributed by atoms with van der Waals surface area (Å²) < 4.78 is 30.9. The van der Waals surface area contributed by atoms with Gasteiger partial charge in [-0.2, -0.15) is 0 Å². The Kier molecular flexibility index (Phi) is 5.60. The van der Waals surface area contributed by atoms with Crippen LogP contribution in [0.25, 0.3) is 0 Å². The predicted octanol–water partition coefficient (Wildman–Crippen LogP) is 3.13. The van der Waals surface area contributed by atoms with Gasteiger partial charge in [-0.15, -0.1) is 0 Å². The number of halogens is 2. The highest BCUT2D eigenvalue weighted by Crippen LogP contribution is 2.20. The minimum atomic E-state index is -1.04. The van der Waals surface area contributed by atoms with Crippen molar-refractivity contribution in [2.45, 2.75) is 26.2 Å².